The number of aromatic nitrogens is 2. The fourth-order valence-electron chi connectivity index (χ4n) is 1.62. The van der Waals surface area contributed by atoms with E-state index in [0.29, 0.717) is 16.6 Å². The van der Waals surface area contributed by atoms with Gasteiger partial charge in [-0.25, -0.2) is 9.97 Å². The molecule has 1 heterocycles. The molecule has 0 unspecified atom stereocenters. The van der Waals surface area contributed by atoms with Crippen molar-refractivity contribution in [1.29, 1.82) is 0 Å². The zero-order valence-corrected chi connectivity index (χ0v) is 12.1. The van der Waals surface area contributed by atoms with Gasteiger partial charge in [0.25, 0.3) is 0 Å². The van der Waals surface area contributed by atoms with Gasteiger partial charge in [-0.15, -0.1) is 0 Å². The summed E-state index contributed by atoms with van der Waals surface area (Å²) in [6, 6.07) is 1.74. The van der Waals surface area contributed by atoms with Crippen molar-refractivity contribution in [3.8, 4) is 0 Å². The van der Waals surface area contributed by atoms with Crippen LogP contribution in [0, 0.1) is 0 Å². The maximum absolute atomic E-state index is 5.58. The van der Waals surface area contributed by atoms with Crippen LogP contribution in [0.2, 0.25) is 0 Å². The second-order valence-corrected chi connectivity index (χ2v) is 4.78. The molecule has 0 amide bonds. The van der Waals surface area contributed by atoms with Crippen molar-refractivity contribution in [2.75, 3.05) is 38.6 Å². The lowest BCUT2D eigenvalue weighted by atomic mass is 10.3. The number of hydrogen-bond donors (Lipinski definition) is 1. The van der Waals surface area contributed by atoms with Crippen LogP contribution in [0.15, 0.2) is 12.3 Å². The van der Waals surface area contributed by atoms with Gasteiger partial charge in [-0.05, 0) is 40.1 Å². The summed E-state index contributed by atoms with van der Waals surface area (Å²) in [5, 5.41) is 0. The number of rotatable bonds is 7. The van der Waals surface area contributed by atoms with E-state index in [1.54, 1.807) is 12.3 Å². The predicted octanol–water partition coefficient (Wildman–Crippen LogP) is 0.889. The summed E-state index contributed by atoms with van der Waals surface area (Å²) < 4.78 is 0. The third kappa shape index (κ3) is 4.54. The van der Waals surface area contributed by atoms with E-state index in [1.807, 2.05) is 0 Å². The Balaban J connectivity index is 2.69. The van der Waals surface area contributed by atoms with Gasteiger partial charge in [0.05, 0.1) is 0 Å². The molecule has 0 fully saturated rings. The molecule has 6 heteroatoms. The molecule has 0 bridgehead atoms. The van der Waals surface area contributed by atoms with Crippen LogP contribution in [0.4, 0.5) is 5.95 Å². The lowest BCUT2D eigenvalue weighted by Crippen LogP contribution is -2.29. The minimum absolute atomic E-state index is 0.308. The molecule has 0 aliphatic rings. The highest BCUT2D eigenvalue weighted by Gasteiger charge is 2.09. The molecule has 0 aromatic carbocycles. The van der Waals surface area contributed by atoms with Crippen LogP contribution >= 0.6 is 12.2 Å². The monoisotopic (exact) mass is 267 g/mol. The standard InChI is InChI=1S/C12H21N5S/c1-4-17(9-5-8-16(2)3)12-14-7-6-10(15-12)11(13)18/h6-7H,4-5,8-9H2,1-3H3,(H2,13,18). The minimum Gasteiger partial charge on any atom is -0.388 e. The molecule has 0 saturated carbocycles. The van der Waals surface area contributed by atoms with Gasteiger partial charge in [0.1, 0.15) is 10.7 Å². The Kier molecular flexibility index (Phi) is 5.94. The molecule has 0 radical (unpaired) electrons. The summed E-state index contributed by atoms with van der Waals surface area (Å²) in [6.45, 7) is 4.93. The quantitative estimate of drug-likeness (QED) is 0.740. The summed E-state index contributed by atoms with van der Waals surface area (Å²) in [5.41, 5.74) is 6.21. The normalized spacial score (nSPS) is 10.7. The fraction of sp³-hybridized carbons (Fsp3) is 0.583. The smallest absolute Gasteiger partial charge is 0.225 e. The van der Waals surface area contributed by atoms with E-state index >= 15 is 0 Å². The van der Waals surface area contributed by atoms with Crippen molar-refractivity contribution < 1.29 is 0 Å². The van der Waals surface area contributed by atoms with Crippen LogP contribution < -0.4 is 10.6 Å². The highest BCUT2D eigenvalue weighted by Crippen LogP contribution is 2.08. The van der Waals surface area contributed by atoms with E-state index in [2.05, 4.69) is 40.8 Å². The SMILES string of the molecule is CCN(CCCN(C)C)c1nccc(C(N)=S)n1. The second-order valence-electron chi connectivity index (χ2n) is 4.34. The van der Waals surface area contributed by atoms with Crippen LogP contribution in [0.25, 0.3) is 0 Å². The van der Waals surface area contributed by atoms with Crippen LogP contribution in [-0.2, 0) is 0 Å². The van der Waals surface area contributed by atoms with Crippen LogP contribution in [0.5, 0.6) is 0 Å². The highest BCUT2D eigenvalue weighted by atomic mass is 32.1. The summed E-state index contributed by atoms with van der Waals surface area (Å²) in [7, 11) is 4.14. The first-order valence-corrected chi connectivity index (χ1v) is 6.48. The van der Waals surface area contributed by atoms with Gasteiger partial charge in [-0.2, -0.15) is 0 Å². The molecule has 0 saturated heterocycles. The minimum atomic E-state index is 0.308. The Morgan fingerprint density at radius 3 is 2.67 bits per heavy atom. The Hall–Kier alpha value is -1.27. The van der Waals surface area contributed by atoms with Gasteiger partial charge in [-0.1, -0.05) is 12.2 Å². The first kappa shape index (κ1) is 14.8. The molecule has 100 valence electrons. The van der Waals surface area contributed by atoms with E-state index in [0.717, 1.165) is 26.1 Å². The number of nitrogens with two attached hydrogens (primary N) is 1. The van der Waals surface area contributed by atoms with Gasteiger partial charge < -0.3 is 15.5 Å². The van der Waals surface area contributed by atoms with E-state index in [4.69, 9.17) is 18.0 Å². The highest BCUT2D eigenvalue weighted by molar-refractivity contribution is 7.80. The number of thiocarbonyl (C=S) groups is 1. The van der Waals surface area contributed by atoms with E-state index in [-0.39, 0.29) is 0 Å². The molecule has 0 aliphatic carbocycles. The van der Waals surface area contributed by atoms with Crippen molar-refractivity contribution in [2.45, 2.75) is 13.3 Å². The van der Waals surface area contributed by atoms with E-state index in [9.17, 15) is 0 Å². The average molecular weight is 267 g/mol. The largest absolute Gasteiger partial charge is 0.388 e. The van der Waals surface area contributed by atoms with Crippen molar-refractivity contribution >= 4 is 23.2 Å². The van der Waals surface area contributed by atoms with Crippen molar-refractivity contribution in [1.82, 2.24) is 14.9 Å². The van der Waals surface area contributed by atoms with Crippen molar-refractivity contribution in [3.63, 3.8) is 0 Å². The predicted molar refractivity (Wildman–Crippen MR) is 79.0 cm³/mol. The number of anilines is 1. The van der Waals surface area contributed by atoms with E-state index < -0.39 is 0 Å². The third-order valence-corrected chi connectivity index (χ3v) is 2.80. The zero-order valence-electron chi connectivity index (χ0n) is 11.3. The maximum Gasteiger partial charge on any atom is 0.225 e. The van der Waals surface area contributed by atoms with Crippen molar-refractivity contribution in [3.05, 3.63) is 18.0 Å². The zero-order chi connectivity index (χ0) is 13.5. The Morgan fingerprint density at radius 1 is 1.39 bits per heavy atom. The third-order valence-electron chi connectivity index (χ3n) is 2.59. The topological polar surface area (TPSA) is 58.3 Å². The van der Waals surface area contributed by atoms with Crippen LogP contribution in [0.3, 0.4) is 0 Å². The summed E-state index contributed by atoms with van der Waals surface area (Å²) in [6.07, 6.45) is 2.77. The van der Waals surface area contributed by atoms with Gasteiger partial charge in [0, 0.05) is 19.3 Å². The van der Waals surface area contributed by atoms with E-state index in [1.165, 1.54) is 0 Å². The fourth-order valence-corrected chi connectivity index (χ4v) is 1.73. The van der Waals surface area contributed by atoms with Gasteiger partial charge >= 0.3 is 0 Å². The molecule has 0 atom stereocenters. The molecule has 0 spiro atoms. The maximum atomic E-state index is 5.58. The number of hydrogen-bond acceptors (Lipinski definition) is 5. The molecule has 5 nitrogen and oxygen atoms in total. The molecule has 1 aromatic heterocycles. The van der Waals surface area contributed by atoms with Gasteiger partial charge in [0.2, 0.25) is 5.95 Å². The Labute approximate surface area is 114 Å². The van der Waals surface area contributed by atoms with Crippen LogP contribution in [0.1, 0.15) is 19.0 Å². The first-order chi connectivity index (χ1) is 8.54. The van der Waals surface area contributed by atoms with Gasteiger partial charge in [-0.3, -0.25) is 0 Å². The Bertz CT molecular complexity index is 394. The lowest BCUT2D eigenvalue weighted by molar-refractivity contribution is 0.400. The second kappa shape index (κ2) is 7.23. The molecular weight excluding hydrogens is 246 g/mol. The molecular formula is C12H21N5S. The summed E-state index contributed by atoms with van der Waals surface area (Å²) >= 11 is 4.93. The molecule has 0 aliphatic heterocycles. The number of nitrogens with zero attached hydrogens (tertiary/aromatic N) is 4. The first-order valence-electron chi connectivity index (χ1n) is 6.07. The molecule has 1 aromatic rings. The summed E-state index contributed by atoms with van der Waals surface area (Å²) in [4.78, 5) is 13.3. The lowest BCUT2D eigenvalue weighted by Gasteiger charge is -2.21. The molecule has 18 heavy (non-hydrogen) atoms. The van der Waals surface area contributed by atoms with Crippen molar-refractivity contribution in [2.24, 2.45) is 5.73 Å². The molecule has 1 rings (SSSR count). The summed E-state index contributed by atoms with van der Waals surface area (Å²) in [5.74, 6) is 0.696. The average Bonchev–Trinajstić information content (AvgIpc) is 2.34. The van der Waals surface area contributed by atoms with Crippen LogP contribution in [-0.4, -0.2) is 53.6 Å². The molecule has 2 N–H and O–H groups in total. The Morgan fingerprint density at radius 2 is 2.11 bits per heavy atom. The van der Waals surface area contributed by atoms with Gasteiger partial charge in [0.15, 0.2) is 0 Å².